The van der Waals surface area contributed by atoms with Gasteiger partial charge in [0, 0.05) is 24.7 Å². The van der Waals surface area contributed by atoms with Crippen molar-refractivity contribution in [3.63, 3.8) is 0 Å². The number of amides is 1. The van der Waals surface area contributed by atoms with Crippen molar-refractivity contribution < 1.29 is 14.3 Å². The van der Waals surface area contributed by atoms with Crippen LogP contribution in [0.1, 0.15) is 16.1 Å². The SMILES string of the molecule is Cc1nn(C)c2nc(-c3ccccc3)cc(C(=O)Nc3cc4c(cc3Cl)OCO4)c12. The largest absolute Gasteiger partial charge is 0.454 e. The van der Waals surface area contributed by atoms with Gasteiger partial charge in [-0.15, -0.1) is 0 Å². The molecule has 3 heterocycles. The maximum Gasteiger partial charge on any atom is 0.256 e. The van der Waals surface area contributed by atoms with Gasteiger partial charge in [-0.25, -0.2) is 4.98 Å². The normalized spacial score (nSPS) is 12.4. The molecular weight excluding hydrogens is 404 g/mol. The van der Waals surface area contributed by atoms with Crippen LogP contribution in [0.2, 0.25) is 5.02 Å². The molecule has 0 atom stereocenters. The van der Waals surface area contributed by atoms with Crippen LogP contribution in [0.25, 0.3) is 22.3 Å². The Morgan fingerprint density at radius 2 is 1.87 bits per heavy atom. The molecular formula is C22H17ClN4O3. The zero-order valence-corrected chi connectivity index (χ0v) is 17.0. The molecule has 0 unspecified atom stereocenters. The monoisotopic (exact) mass is 420 g/mol. The summed E-state index contributed by atoms with van der Waals surface area (Å²) in [6, 6.07) is 14.8. The molecule has 2 aromatic carbocycles. The Morgan fingerprint density at radius 1 is 1.13 bits per heavy atom. The molecule has 8 heteroatoms. The van der Waals surface area contributed by atoms with Gasteiger partial charge in [0.15, 0.2) is 17.1 Å². The van der Waals surface area contributed by atoms with Gasteiger partial charge < -0.3 is 14.8 Å². The maximum atomic E-state index is 13.3. The Labute approximate surface area is 177 Å². The third-order valence-electron chi connectivity index (χ3n) is 4.99. The molecule has 7 nitrogen and oxygen atoms in total. The van der Waals surface area contributed by atoms with E-state index >= 15 is 0 Å². The molecule has 5 rings (SSSR count). The van der Waals surface area contributed by atoms with Gasteiger partial charge in [-0.2, -0.15) is 5.10 Å². The zero-order chi connectivity index (χ0) is 20.8. The quantitative estimate of drug-likeness (QED) is 0.525. The highest BCUT2D eigenvalue weighted by atomic mass is 35.5. The van der Waals surface area contributed by atoms with E-state index in [0.29, 0.717) is 44.5 Å². The molecule has 1 aliphatic rings. The number of rotatable bonds is 3. The van der Waals surface area contributed by atoms with Crippen LogP contribution in [-0.2, 0) is 7.05 Å². The molecule has 2 aromatic heterocycles. The van der Waals surface area contributed by atoms with Gasteiger partial charge in [-0.1, -0.05) is 41.9 Å². The number of pyridine rings is 1. The third-order valence-corrected chi connectivity index (χ3v) is 5.31. The Hall–Kier alpha value is -3.58. The smallest absolute Gasteiger partial charge is 0.256 e. The molecule has 1 N–H and O–H groups in total. The summed E-state index contributed by atoms with van der Waals surface area (Å²) in [6.45, 7) is 1.99. The standard InChI is InChI=1S/C22H17ClN4O3/c1-12-20-14(22(28)25-17-10-19-18(9-15(17)23)29-11-30-19)8-16(13-6-4-3-5-7-13)24-21(20)27(2)26-12/h3-10H,11H2,1-2H3,(H,25,28). The molecule has 150 valence electrons. The van der Waals surface area contributed by atoms with Gasteiger partial charge in [0.05, 0.1) is 33.0 Å². The van der Waals surface area contributed by atoms with Gasteiger partial charge in [-0.3, -0.25) is 9.48 Å². The van der Waals surface area contributed by atoms with Crippen molar-refractivity contribution >= 4 is 34.2 Å². The van der Waals surface area contributed by atoms with Crippen molar-refractivity contribution in [3.8, 4) is 22.8 Å². The van der Waals surface area contributed by atoms with Gasteiger partial charge >= 0.3 is 0 Å². The Bertz CT molecular complexity index is 1300. The van der Waals surface area contributed by atoms with Crippen LogP contribution < -0.4 is 14.8 Å². The van der Waals surface area contributed by atoms with E-state index in [1.165, 1.54) is 0 Å². The van der Waals surface area contributed by atoms with Crippen molar-refractivity contribution in [1.82, 2.24) is 14.8 Å². The van der Waals surface area contributed by atoms with Gasteiger partial charge in [0.25, 0.3) is 5.91 Å². The van der Waals surface area contributed by atoms with Gasteiger partial charge in [-0.05, 0) is 13.0 Å². The molecule has 1 amide bonds. The molecule has 30 heavy (non-hydrogen) atoms. The van der Waals surface area contributed by atoms with E-state index in [9.17, 15) is 4.79 Å². The summed E-state index contributed by atoms with van der Waals surface area (Å²) < 4.78 is 12.4. The molecule has 0 bridgehead atoms. The highest BCUT2D eigenvalue weighted by Gasteiger charge is 2.22. The van der Waals surface area contributed by atoms with Gasteiger partial charge in [0.1, 0.15) is 0 Å². The highest BCUT2D eigenvalue weighted by molar-refractivity contribution is 6.34. The Morgan fingerprint density at radius 3 is 2.63 bits per heavy atom. The van der Waals surface area contributed by atoms with Crippen LogP contribution in [0.4, 0.5) is 5.69 Å². The predicted octanol–water partition coefficient (Wildman–Crippen LogP) is 4.58. The minimum absolute atomic E-state index is 0.128. The third kappa shape index (κ3) is 3.04. The van der Waals surface area contributed by atoms with Crippen LogP contribution in [0, 0.1) is 6.92 Å². The van der Waals surface area contributed by atoms with E-state index in [0.717, 1.165) is 11.3 Å². The Balaban J connectivity index is 1.62. The van der Waals surface area contributed by atoms with Crippen LogP contribution >= 0.6 is 11.6 Å². The summed E-state index contributed by atoms with van der Waals surface area (Å²) in [5.41, 5.74) is 3.87. The number of hydrogen-bond donors (Lipinski definition) is 1. The summed E-state index contributed by atoms with van der Waals surface area (Å²) in [6.07, 6.45) is 0. The summed E-state index contributed by atoms with van der Waals surface area (Å²) in [4.78, 5) is 18.1. The van der Waals surface area contributed by atoms with Crippen LogP contribution in [0.5, 0.6) is 11.5 Å². The molecule has 1 aliphatic heterocycles. The van der Waals surface area contributed by atoms with E-state index in [1.807, 2.05) is 44.3 Å². The fourth-order valence-electron chi connectivity index (χ4n) is 3.58. The topological polar surface area (TPSA) is 78.3 Å². The van der Waals surface area contributed by atoms with Crippen molar-refractivity contribution in [2.24, 2.45) is 7.05 Å². The number of nitrogens with one attached hydrogen (secondary N) is 1. The number of ether oxygens (including phenoxy) is 2. The van der Waals surface area contributed by atoms with E-state index in [1.54, 1.807) is 22.9 Å². The second-order valence-corrected chi connectivity index (χ2v) is 7.38. The van der Waals surface area contributed by atoms with Crippen molar-refractivity contribution in [2.75, 3.05) is 12.1 Å². The molecule has 4 aromatic rings. The lowest BCUT2D eigenvalue weighted by atomic mass is 10.0. The number of halogens is 1. The number of hydrogen-bond acceptors (Lipinski definition) is 5. The van der Waals surface area contributed by atoms with Gasteiger partial charge in [0.2, 0.25) is 6.79 Å². The van der Waals surface area contributed by atoms with E-state index < -0.39 is 0 Å². The number of carbonyl (C=O) groups is 1. The van der Waals surface area contributed by atoms with Crippen molar-refractivity contribution in [2.45, 2.75) is 6.92 Å². The summed E-state index contributed by atoms with van der Waals surface area (Å²) in [7, 11) is 1.81. The number of anilines is 1. The first-order valence-corrected chi connectivity index (χ1v) is 9.69. The minimum atomic E-state index is -0.309. The average Bonchev–Trinajstić information content (AvgIpc) is 3.31. The average molecular weight is 421 g/mol. The van der Waals surface area contributed by atoms with Crippen molar-refractivity contribution in [3.05, 3.63) is 64.8 Å². The predicted molar refractivity (Wildman–Crippen MR) is 114 cm³/mol. The first kappa shape index (κ1) is 18.4. The summed E-state index contributed by atoms with van der Waals surface area (Å²) in [5, 5.41) is 8.41. The zero-order valence-electron chi connectivity index (χ0n) is 16.3. The number of aryl methyl sites for hydroxylation is 2. The number of carbonyl (C=O) groups excluding carboxylic acids is 1. The maximum absolute atomic E-state index is 13.3. The number of nitrogens with zero attached hydrogens (tertiary/aromatic N) is 3. The van der Waals surface area contributed by atoms with Crippen LogP contribution in [-0.4, -0.2) is 27.5 Å². The molecule has 0 aliphatic carbocycles. The lowest BCUT2D eigenvalue weighted by Crippen LogP contribution is -2.13. The van der Waals surface area contributed by atoms with Crippen LogP contribution in [0.3, 0.4) is 0 Å². The van der Waals surface area contributed by atoms with E-state index in [4.69, 9.17) is 26.1 Å². The van der Waals surface area contributed by atoms with E-state index in [-0.39, 0.29) is 12.7 Å². The Kier molecular flexibility index (Phi) is 4.33. The van der Waals surface area contributed by atoms with Crippen LogP contribution in [0.15, 0.2) is 48.5 Å². The van der Waals surface area contributed by atoms with Crippen molar-refractivity contribution in [1.29, 1.82) is 0 Å². The summed E-state index contributed by atoms with van der Waals surface area (Å²) >= 11 is 6.34. The lowest BCUT2D eigenvalue weighted by molar-refractivity contribution is 0.102. The first-order valence-electron chi connectivity index (χ1n) is 9.31. The first-order chi connectivity index (χ1) is 14.5. The number of fused-ring (bicyclic) bond motifs is 2. The number of benzene rings is 2. The second kappa shape index (κ2) is 7.03. The summed E-state index contributed by atoms with van der Waals surface area (Å²) in [5.74, 6) is 0.785. The lowest BCUT2D eigenvalue weighted by Gasteiger charge is -2.11. The fourth-order valence-corrected chi connectivity index (χ4v) is 3.78. The minimum Gasteiger partial charge on any atom is -0.454 e. The number of aromatic nitrogens is 3. The molecule has 0 saturated heterocycles. The molecule has 0 fully saturated rings. The molecule has 0 radical (unpaired) electrons. The highest BCUT2D eigenvalue weighted by Crippen LogP contribution is 2.39. The van der Waals surface area contributed by atoms with E-state index in [2.05, 4.69) is 10.4 Å². The second-order valence-electron chi connectivity index (χ2n) is 6.97. The fraction of sp³-hybridized carbons (Fsp3) is 0.136. The molecule has 0 spiro atoms. The molecule has 0 saturated carbocycles.